The standard InChI is InChI=1S/C14H8O5S/c15-13-11-6-9-4-2-1-3-8(9)5-10(11)7-12(14(13)16)20(17,18)19/h1-7H,(H,17,18,19). The molecule has 0 atom stereocenters. The maximum absolute atomic E-state index is 12.0. The molecule has 100 valence electrons. The van der Waals surface area contributed by atoms with Gasteiger partial charge in [0, 0.05) is 5.56 Å². The molecule has 3 rings (SSSR count). The van der Waals surface area contributed by atoms with Crippen LogP contribution in [0.15, 0.2) is 41.3 Å². The van der Waals surface area contributed by atoms with Crippen LogP contribution in [0.2, 0.25) is 0 Å². The van der Waals surface area contributed by atoms with Crippen LogP contribution in [0.25, 0.3) is 16.8 Å². The minimum Gasteiger partial charge on any atom is -0.285 e. The summed E-state index contributed by atoms with van der Waals surface area (Å²) >= 11 is 0. The first-order valence-corrected chi connectivity index (χ1v) is 7.13. The number of carbonyl (C=O) groups is 2. The molecule has 0 heterocycles. The third kappa shape index (κ3) is 1.86. The van der Waals surface area contributed by atoms with E-state index in [0.29, 0.717) is 5.56 Å². The number of carbonyl (C=O) groups excluding carboxylic acids is 2. The molecule has 0 bridgehead atoms. The van der Waals surface area contributed by atoms with Crippen molar-refractivity contribution in [1.29, 1.82) is 0 Å². The highest BCUT2D eigenvalue weighted by molar-refractivity contribution is 7.91. The number of fused-ring (bicyclic) bond motifs is 2. The van der Waals surface area contributed by atoms with Crippen LogP contribution in [-0.4, -0.2) is 24.5 Å². The number of rotatable bonds is 1. The van der Waals surface area contributed by atoms with E-state index in [1.54, 1.807) is 36.4 Å². The normalized spacial score (nSPS) is 15.2. The SMILES string of the molecule is O=C1C(=O)c2cc3ccccc3cc2C=C1S(=O)(=O)O. The monoisotopic (exact) mass is 288 g/mol. The van der Waals surface area contributed by atoms with Gasteiger partial charge in [-0.25, -0.2) is 0 Å². The van der Waals surface area contributed by atoms with Crippen molar-refractivity contribution in [2.75, 3.05) is 0 Å². The molecular weight excluding hydrogens is 280 g/mol. The molecule has 2 aromatic rings. The molecule has 0 radical (unpaired) electrons. The van der Waals surface area contributed by atoms with Gasteiger partial charge < -0.3 is 0 Å². The Bertz CT molecular complexity index is 906. The van der Waals surface area contributed by atoms with Crippen molar-refractivity contribution in [2.45, 2.75) is 0 Å². The van der Waals surface area contributed by atoms with Crippen LogP contribution in [0.1, 0.15) is 15.9 Å². The third-order valence-corrected chi connectivity index (χ3v) is 4.02. The summed E-state index contributed by atoms with van der Waals surface area (Å²) in [4.78, 5) is 22.8. The Balaban J connectivity index is 2.37. The van der Waals surface area contributed by atoms with E-state index in [-0.39, 0.29) is 5.56 Å². The van der Waals surface area contributed by atoms with E-state index in [0.717, 1.165) is 16.8 Å². The molecule has 1 N–H and O–H groups in total. The zero-order valence-corrected chi connectivity index (χ0v) is 10.8. The highest BCUT2D eigenvalue weighted by atomic mass is 32.2. The summed E-state index contributed by atoms with van der Waals surface area (Å²) in [6.45, 7) is 0. The Morgan fingerprint density at radius 3 is 2.10 bits per heavy atom. The fourth-order valence-electron chi connectivity index (χ4n) is 2.21. The van der Waals surface area contributed by atoms with Crippen LogP contribution in [0, 0.1) is 0 Å². The van der Waals surface area contributed by atoms with Gasteiger partial charge in [0.2, 0.25) is 11.6 Å². The number of benzene rings is 2. The van der Waals surface area contributed by atoms with Crippen LogP contribution >= 0.6 is 0 Å². The Morgan fingerprint density at radius 2 is 1.50 bits per heavy atom. The summed E-state index contributed by atoms with van der Waals surface area (Å²) in [6.07, 6.45) is 1.03. The molecule has 0 aliphatic heterocycles. The highest BCUT2D eigenvalue weighted by Crippen LogP contribution is 2.28. The molecule has 0 spiro atoms. The summed E-state index contributed by atoms with van der Waals surface area (Å²) in [6, 6.07) is 10.3. The molecule has 0 aromatic heterocycles. The lowest BCUT2D eigenvalue weighted by Gasteiger charge is -2.13. The fourth-order valence-corrected chi connectivity index (χ4v) is 2.81. The number of hydrogen-bond acceptors (Lipinski definition) is 4. The van der Waals surface area contributed by atoms with Gasteiger partial charge in [-0.2, -0.15) is 8.42 Å². The molecule has 0 unspecified atom stereocenters. The maximum atomic E-state index is 12.0. The third-order valence-electron chi connectivity index (χ3n) is 3.16. The number of ketones is 2. The largest absolute Gasteiger partial charge is 0.298 e. The molecule has 1 aliphatic rings. The Labute approximate surface area is 114 Å². The first kappa shape index (κ1) is 12.7. The van der Waals surface area contributed by atoms with E-state index in [1.807, 2.05) is 0 Å². The van der Waals surface area contributed by atoms with Crippen molar-refractivity contribution in [2.24, 2.45) is 0 Å². The van der Waals surface area contributed by atoms with E-state index < -0.39 is 26.6 Å². The molecule has 5 nitrogen and oxygen atoms in total. The van der Waals surface area contributed by atoms with Gasteiger partial charge in [0.15, 0.2) is 0 Å². The fraction of sp³-hybridized carbons (Fsp3) is 0. The predicted octanol–water partition coefficient (Wildman–Crippen LogP) is 1.83. The Hall–Kier alpha value is -2.31. The van der Waals surface area contributed by atoms with Crippen molar-refractivity contribution in [3.63, 3.8) is 0 Å². The maximum Gasteiger partial charge on any atom is 0.298 e. The van der Waals surface area contributed by atoms with E-state index in [9.17, 15) is 18.0 Å². The molecule has 0 fully saturated rings. The van der Waals surface area contributed by atoms with Gasteiger partial charge in [-0.05, 0) is 34.5 Å². The summed E-state index contributed by atoms with van der Waals surface area (Å²) in [5.41, 5.74) is 0.446. The average molecular weight is 288 g/mol. The highest BCUT2D eigenvalue weighted by Gasteiger charge is 2.34. The van der Waals surface area contributed by atoms with Crippen LogP contribution < -0.4 is 0 Å². The zero-order chi connectivity index (χ0) is 14.5. The molecule has 20 heavy (non-hydrogen) atoms. The average Bonchev–Trinajstić information content (AvgIpc) is 2.40. The van der Waals surface area contributed by atoms with Crippen LogP contribution in [0.3, 0.4) is 0 Å². The topological polar surface area (TPSA) is 88.5 Å². The smallest absolute Gasteiger partial charge is 0.285 e. The van der Waals surface area contributed by atoms with E-state index >= 15 is 0 Å². The molecule has 1 aliphatic carbocycles. The minimum absolute atomic E-state index is 0.140. The first-order chi connectivity index (χ1) is 9.38. The molecule has 0 saturated carbocycles. The van der Waals surface area contributed by atoms with Crippen molar-refractivity contribution in [3.05, 3.63) is 52.4 Å². The number of Topliss-reactive ketones (excluding diaryl/α,β-unsaturated/α-hetero) is 2. The van der Waals surface area contributed by atoms with Crippen molar-refractivity contribution in [1.82, 2.24) is 0 Å². The lowest BCUT2D eigenvalue weighted by Crippen LogP contribution is -2.25. The second-order valence-corrected chi connectivity index (χ2v) is 5.82. The zero-order valence-electron chi connectivity index (χ0n) is 10.0. The number of allylic oxidation sites excluding steroid dienone is 1. The summed E-state index contributed by atoms with van der Waals surface area (Å²) in [5.74, 6) is -2.14. The quantitative estimate of drug-likeness (QED) is 0.639. The van der Waals surface area contributed by atoms with E-state index in [2.05, 4.69) is 0 Å². The van der Waals surface area contributed by atoms with Gasteiger partial charge in [0.1, 0.15) is 4.91 Å². The summed E-state index contributed by atoms with van der Waals surface area (Å²) < 4.78 is 31.3. The Morgan fingerprint density at radius 1 is 0.900 bits per heavy atom. The van der Waals surface area contributed by atoms with E-state index in [1.165, 1.54) is 0 Å². The summed E-state index contributed by atoms with van der Waals surface area (Å²) in [7, 11) is -4.71. The second kappa shape index (κ2) is 4.09. The van der Waals surface area contributed by atoms with Crippen molar-refractivity contribution in [3.8, 4) is 0 Å². The Kier molecular flexibility index (Phi) is 2.60. The molecule has 2 aromatic carbocycles. The van der Waals surface area contributed by atoms with Crippen molar-refractivity contribution < 1.29 is 22.6 Å². The van der Waals surface area contributed by atoms with Gasteiger partial charge in [-0.15, -0.1) is 0 Å². The van der Waals surface area contributed by atoms with Gasteiger partial charge in [0.25, 0.3) is 10.1 Å². The second-order valence-electron chi connectivity index (χ2n) is 4.43. The van der Waals surface area contributed by atoms with Crippen LogP contribution in [0.5, 0.6) is 0 Å². The van der Waals surface area contributed by atoms with Crippen LogP contribution in [0.4, 0.5) is 0 Å². The summed E-state index contributed by atoms with van der Waals surface area (Å²) in [5, 5.41) is 1.58. The van der Waals surface area contributed by atoms with E-state index in [4.69, 9.17) is 4.55 Å². The van der Waals surface area contributed by atoms with Gasteiger partial charge in [-0.3, -0.25) is 14.1 Å². The van der Waals surface area contributed by atoms with Gasteiger partial charge in [0.05, 0.1) is 0 Å². The molecule has 0 amide bonds. The molecule has 0 saturated heterocycles. The lowest BCUT2D eigenvalue weighted by molar-refractivity contribution is -0.111. The van der Waals surface area contributed by atoms with Gasteiger partial charge >= 0.3 is 0 Å². The van der Waals surface area contributed by atoms with Crippen LogP contribution in [-0.2, 0) is 14.9 Å². The van der Waals surface area contributed by atoms with Crippen molar-refractivity contribution >= 4 is 38.5 Å². The lowest BCUT2D eigenvalue weighted by atomic mass is 9.92. The minimum atomic E-state index is -4.71. The number of hydrogen-bond donors (Lipinski definition) is 1. The van der Waals surface area contributed by atoms with Gasteiger partial charge in [-0.1, -0.05) is 24.3 Å². The molecule has 6 heteroatoms. The first-order valence-electron chi connectivity index (χ1n) is 5.69. The molecular formula is C14H8O5S. The predicted molar refractivity (Wildman–Crippen MR) is 72.8 cm³/mol.